The second-order valence-electron chi connectivity index (χ2n) is 4.10. The molecule has 1 aromatic heterocycles. The molecular formula is C13H9F3N4O. The quantitative estimate of drug-likeness (QED) is 0.946. The van der Waals surface area contributed by atoms with Crippen LogP contribution in [0.3, 0.4) is 0 Å². The molecule has 0 unspecified atom stereocenters. The predicted molar refractivity (Wildman–Crippen MR) is 67.4 cm³/mol. The van der Waals surface area contributed by atoms with E-state index in [-0.39, 0.29) is 6.42 Å². The number of nitriles is 1. The molecule has 1 aromatic carbocycles. The fourth-order valence-corrected chi connectivity index (χ4v) is 1.58. The second-order valence-corrected chi connectivity index (χ2v) is 4.10. The summed E-state index contributed by atoms with van der Waals surface area (Å²) >= 11 is 0. The van der Waals surface area contributed by atoms with E-state index in [0.717, 1.165) is 17.1 Å². The van der Waals surface area contributed by atoms with Gasteiger partial charge in [-0.3, -0.25) is 4.79 Å². The van der Waals surface area contributed by atoms with E-state index in [1.165, 1.54) is 24.3 Å². The molecule has 0 spiro atoms. The van der Waals surface area contributed by atoms with Crippen LogP contribution in [0.4, 0.5) is 18.9 Å². The number of anilines is 1. The zero-order valence-corrected chi connectivity index (χ0v) is 10.6. The first-order chi connectivity index (χ1) is 9.90. The molecule has 0 saturated carbocycles. The number of nitrogens with one attached hydrogen (secondary N) is 1. The summed E-state index contributed by atoms with van der Waals surface area (Å²) in [5.41, 5.74) is 0.0277. The molecule has 108 valence electrons. The van der Waals surface area contributed by atoms with Crippen molar-refractivity contribution in [2.24, 2.45) is 0 Å². The highest BCUT2D eigenvalue weighted by Crippen LogP contribution is 2.29. The standard InChI is InChI=1S/C13H9F3N4O/c14-13(15,16)9-7-18-20(8-9)11-3-1-10(2-4-11)19-12(21)5-6-17/h1-4,7-8H,5H2,(H,19,21). The van der Waals surface area contributed by atoms with Gasteiger partial charge in [0.05, 0.1) is 23.5 Å². The van der Waals surface area contributed by atoms with Gasteiger partial charge in [-0.25, -0.2) is 4.68 Å². The third-order valence-electron chi connectivity index (χ3n) is 2.57. The second kappa shape index (κ2) is 5.66. The number of amides is 1. The molecule has 0 aliphatic carbocycles. The molecule has 5 nitrogen and oxygen atoms in total. The van der Waals surface area contributed by atoms with Gasteiger partial charge in [-0.2, -0.15) is 23.5 Å². The van der Waals surface area contributed by atoms with Crippen LogP contribution in [0.5, 0.6) is 0 Å². The maximum Gasteiger partial charge on any atom is 0.419 e. The van der Waals surface area contributed by atoms with Crippen molar-refractivity contribution in [2.45, 2.75) is 12.6 Å². The summed E-state index contributed by atoms with van der Waals surface area (Å²) in [6, 6.07) is 7.75. The van der Waals surface area contributed by atoms with Gasteiger partial charge in [0, 0.05) is 11.9 Å². The molecule has 0 aliphatic rings. The van der Waals surface area contributed by atoms with Crippen LogP contribution in [0.25, 0.3) is 5.69 Å². The number of nitrogens with zero attached hydrogens (tertiary/aromatic N) is 3. The molecule has 8 heteroatoms. The SMILES string of the molecule is N#CCC(=O)Nc1ccc(-n2cc(C(F)(F)F)cn2)cc1. The molecule has 0 saturated heterocycles. The van der Waals surface area contributed by atoms with Gasteiger partial charge in [0.1, 0.15) is 6.42 Å². The van der Waals surface area contributed by atoms with Gasteiger partial charge in [0.15, 0.2) is 0 Å². The van der Waals surface area contributed by atoms with Crippen molar-refractivity contribution < 1.29 is 18.0 Å². The summed E-state index contributed by atoms with van der Waals surface area (Å²) < 4.78 is 38.5. The first kappa shape index (κ1) is 14.6. The van der Waals surface area contributed by atoms with Crippen molar-refractivity contribution in [3.05, 3.63) is 42.2 Å². The van der Waals surface area contributed by atoms with E-state index >= 15 is 0 Å². The third-order valence-corrected chi connectivity index (χ3v) is 2.57. The lowest BCUT2D eigenvalue weighted by Gasteiger charge is -2.05. The van der Waals surface area contributed by atoms with E-state index in [4.69, 9.17) is 5.26 Å². The Balaban J connectivity index is 2.14. The highest BCUT2D eigenvalue weighted by molar-refractivity contribution is 5.92. The average Bonchev–Trinajstić information content (AvgIpc) is 2.89. The van der Waals surface area contributed by atoms with E-state index in [2.05, 4.69) is 10.4 Å². The van der Waals surface area contributed by atoms with Gasteiger partial charge in [-0.15, -0.1) is 0 Å². The van der Waals surface area contributed by atoms with Gasteiger partial charge in [0.25, 0.3) is 0 Å². The lowest BCUT2D eigenvalue weighted by atomic mass is 10.2. The smallest absolute Gasteiger partial charge is 0.325 e. The normalized spacial score (nSPS) is 11.0. The summed E-state index contributed by atoms with van der Waals surface area (Å²) in [5, 5.41) is 14.5. The zero-order chi connectivity index (χ0) is 15.5. The average molecular weight is 294 g/mol. The van der Waals surface area contributed by atoms with Crippen molar-refractivity contribution >= 4 is 11.6 Å². The number of carbonyl (C=O) groups is 1. The number of hydrogen-bond acceptors (Lipinski definition) is 3. The Kier molecular flexibility index (Phi) is 3.93. The van der Waals surface area contributed by atoms with E-state index in [1.54, 1.807) is 6.07 Å². The molecule has 2 aromatic rings. The Morgan fingerprint density at radius 2 is 2.00 bits per heavy atom. The molecular weight excluding hydrogens is 285 g/mol. The molecule has 0 fully saturated rings. The van der Waals surface area contributed by atoms with Crippen molar-refractivity contribution in [1.29, 1.82) is 5.26 Å². The minimum Gasteiger partial charge on any atom is -0.325 e. The van der Waals surface area contributed by atoms with E-state index in [1.807, 2.05) is 0 Å². The summed E-state index contributed by atoms with van der Waals surface area (Å²) in [7, 11) is 0. The van der Waals surface area contributed by atoms with Gasteiger partial charge < -0.3 is 5.32 Å². The van der Waals surface area contributed by atoms with Crippen molar-refractivity contribution in [3.8, 4) is 11.8 Å². The van der Waals surface area contributed by atoms with Crippen LogP contribution in [0, 0.1) is 11.3 Å². The Morgan fingerprint density at radius 1 is 1.33 bits per heavy atom. The largest absolute Gasteiger partial charge is 0.419 e. The Hall–Kier alpha value is -2.82. The van der Waals surface area contributed by atoms with E-state index in [0.29, 0.717) is 11.4 Å². The molecule has 0 aliphatic heterocycles. The van der Waals surface area contributed by atoms with Gasteiger partial charge >= 0.3 is 6.18 Å². The fourth-order valence-electron chi connectivity index (χ4n) is 1.58. The maximum absolute atomic E-state index is 12.5. The number of carbonyl (C=O) groups excluding carboxylic acids is 1. The number of rotatable bonds is 3. The number of benzene rings is 1. The molecule has 1 heterocycles. The summed E-state index contributed by atoms with van der Waals surface area (Å²) in [6.07, 6.45) is -3.09. The molecule has 0 atom stereocenters. The molecule has 2 rings (SSSR count). The number of aromatic nitrogens is 2. The first-order valence-corrected chi connectivity index (χ1v) is 5.79. The molecule has 1 amide bonds. The third kappa shape index (κ3) is 3.60. The Labute approximate surface area is 117 Å². The van der Waals surface area contributed by atoms with Crippen molar-refractivity contribution in [1.82, 2.24) is 9.78 Å². The van der Waals surface area contributed by atoms with Crippen LogP contribution in [0.1, 0.15) is 12.0 Å². The number of alkyl halides is 3. The Morgan fingerprint density at radius 3 is 2.52 bits per heavy atom. The fraction of sp³-hybridized carbons (Fsp3) is 0.154. The molecule has 21 heavy (non-hydrogen) atoms. The maximum atomic E-state index is 12.5. The minimum absolute atomic E-state index is 0.268. The van der Waals surface area contributed by atoms with Crippen LogP contribution in [0.2, 0.25) is 0 Å². The van der Waals surface area contributed by atoms with E-state index in [9.17, 15) is 18.0 Å². The minimum atomic E-state index is -4.44. The van der Waals surface area contributed by atoms with Crippen LogP contribution in [0.15, 0.2) is 36.7 Å². The Bertz CT molecular complexity index is 683. The van der Waals surface area contributed by atoms with Crippen LogP contribution in [-0.4, -0.2) is 15.7 Å². The lowest BCUT2D eigenvalue weighted by molar-refractivity contribution is -0.137. The molecule has 1 N–H and O–H groups in total. The van der Waals surface area contributed by atoms with Gasteiger partial charge in [0.2, 0.25) is 5.91 Å². The van der Waals surface area contributed by atoms with Gasteiger partial charge in [-0.05, 0) is 24.3 Å². The van der Waals surface area contributed by atoms with Crippen molar-refractivity contribution in [3.63, 3.8) is 0 Å². The summed E-state index contributed by atoms with van der Waals surface area (Å²) in [4.78, 5) is 11.2. The van der Waals surface area contributed by atoms with Crippen LogP contribution in [-0.2, 0) is 11.0 Å². The first-order valence-electron chi connectivity index (χ1n) is 5.79. The number of hydrogen-bond donors (Lipinski definition) is 1. The van der Waals surface area contributed by atoms with Crippen LogP contribution < -0.4 is 5.32 Å². The highest BCUT2D eigenvalue weighted by Gasteiger charge is 2.32. The molecule has 0 radical (unpaired) electrons. The summed E-state index contributed by atoms with van der Waals surface area (Å²) in [6.45, 7) is 0. The summed E-state index contributed by atoms with van der Waals surface area (Å²) in [5.74, 6) is -0.455. The van der Waals surface area contributed by atoms with Gasteiger partial charge in [-0.1, -0.05) is 0 Å². The van der Waals surface area contributed by atoms with Crippen LogP contribution >= 0.6 is 0 Å². The topological polar surface area (TPSA) is 70.7 Å². The highest BCUT2D eigenvalue weighted by atomic mass is 19.4. The van der Waals surface area contributed by atoms with Crippen molar-refractivity contribution in [2.75, 3.05) is 5.32 Å². The lowest BCUT2D eigenvalue weighted by Crippen LogP contribution is -2.10. The number of halogens is 3. The monoisotopic (exact) mass is 294 g/mol. The zero-order valence-electron chi connectivity index (χ0n) is 10.6. The molecule has 0 bridgehead atoms. The van der Waals surface area contributed by atoms with E-state index < -0.39 is 17.6 Å². The predicted octanol–water partition coefficient (Wildman–Crippen LogP) is 2.74.